The molecule has 0 unspecified atom stereocenters. The number of ether oxygens (including phenoxy) is 2. The van der Waals surface area contributed by atoms with Crippen molar-refractivity contribution in [1.82, 2.24) is 20.0 Å². The number of hydrogen-bond acceptors (Lipinski definition) is 7. The molecule has 0 aliphatic heterocycles. The van der Waals surface area contributed by atoms with Gasteiger partial charge < -0.3 is 19.0 Å². The summed E-state index contributed by atoms with van der Waals surface area (Å²) in [6.07, 6.45) is 0. The number of rotatable bonds is 7. The van der Waals surface area contributed by atoms with E-state index in [0.717, 1.165) is 23.6 Å². The molecule has 0 amide bonds. The van der Waals surface area contributed by atoms with Crippen LogP contribution in [-0.2, 0) is 13.1 Å². The van der Waals surface area contributed by atoms with Gasteiger partial charge in [0.15, 0.2) is 11.5 Å². The van der Waals surface area contributed by atoms with Gasteiger partial charge in [0.2, 0.25) is 0 Å². The van der Waals surface area contributed by atoms with E-state index in [2.05, 4.69) is 26.9 Å². The molecule has 3 aromatic rings. The Labute approximate surface area is 157 Å². The Morgan fingerprint density at radius 1 is 1.15 bits per heavy atom. The Bertz CT molecular complexity index is 989. The van der Waals surface area contributed by atoms with Gasteiger partial charge in [-0.1, -0.05) is 12.1 Å². The highest BCUT2D eigenvalue weighted by Crippen LogP contribution is 2.30. The third-order valence-electron chi connectivity index (χ3n) is 4.64. The summed E-state index contributed by atoms with van der Waals surface area (Å²) in [5.41, 5.74) is 2.30. The molecule has 2 heterocycles. The van der Waals surface area contributed by atoms with Crippen LogP contribution in [0.2, 0.25) is 0 Å². The number of aryl methyl sites for hydroxylation is 2. The highest BCUT2D eigenvalue weighted by Gasteiger charge is 2.16. The van der Waals surface area contributed by atoms with E-state index >= 15 is 0 Å². The summed E-state index contributed by atoms with van der Waals surface area (Å²) >= 11 is 0. The van der Waals surface area contributed by atoms with E-state index in [4.69, 9.17) is 14.0 Å². The van der Waals surface area contributed by atoms with Gasteiger partial charge in [0.05, 0.1) is 37.4 Å². The molecule has 0 radical (unpaired) electrons. The Morgan fingerprint density at radius 3 is 2.44 bits per heavy atom. The lowest BCUT2D eigenvalue weighted by molar-refractivity contribution is 0.262. The second kappa shape index (κ2) is 7.79. The minimum atomic E-state index is -0.204. The lowest BCUT2D eigenvalue weighted by atomic mass is 10.2. The maximum absolute atomic E-state index is 12.5. The number of nitrogens with one attached hydrogen (secondary N) is 1. The molecule has 2 aromatic heterocycles. The predicted octanol–water partition coefficient (Wildman–Crippen LogP) is 2.57. The van der Waals surface area contributed by atoms with E-state index < -0.39 is 0 Å². The smallest absolute Gasteiger partial charge is 0.258 e. The molecule has 0 spiro atoms. The molecule has 0 saturated carbocycles. The summed E-state index contributed by atoms with van der Waals surface area (Å²) in [7, 11) is 3.09. The van der Waals surface area contributed by atoms with Crippen molar-refractivity contribution < 1.29 is 14.0 Å². The second-order valence-electron chi connectivity index (χ2n) is 6.34. The van der Waals surface area contributed by atoms with Crippen molar-refractivity contribution in [3.05, 3.63) is 45.3 Å². The highest BCUT2D eigenvalue weighted by molar-refractivity contribution is 5.81. The summed E-state index contributed by atoms with van der Waals surface area (Å²) in [5.74, 6) is 2.44. The fourth-order valence-corrected chi connectivity index (χ4v) is 3.03. The van der Waals surface area contributed by atoms with Gasteiger partial charge in [0.25, 0.3) is 5.56 Å². The third kappa shape index (κ3) is 3.80. The quantitative estimate of drug-likeness (QED) is 0.681. The molecule has 27 heavy (non-hydrogen) atoms. The van der Waals surface area contributed by atoms with Crippen molar-refractivity contribution in [3.63, 3.8) is 0 Å². The van der Waals surface area contributed by atoms with Crippen LogP contribution in [0.4, 0.5) is 0 Å². The molecule has 8 heteroatoms. The van der Waals surface area contributed by atoms with E-state index in [9.17, 15) is 4.79 Å². The Morgan fingerprint density at radius 2 is 1.85 bits per heavy atom. The zero-order valence-corrected chi connectivity index (χ0v) is 16.3. The summed E-state index contributed by atoms with van der Waals surface area (Å²) in [6.45, 7) is 7.85. The standard InChI is InChI=1S/C19H24N4O4/c1-6-23(9-14-11(2)22-27-12(14)3)10-18-20-15-8-17(26-5)16(25-4)7-13(15)19(24)21-18/h7-8H,6,9-10H2,1-5H3,(H,20,21,24). The van der Waals surface area contributed by atoms with Crippen molar-refractivity contribution in [2.75, 3.05) is 20.8 Å². The third-order valence-corrected chi connectivity index (χ3v) is 4.64. The number of H-pyrrole nitrogens is 1. The minimum absolute atomic E-state index is 0.204. The first-order valence-corrected chi connectivity index (χ1v) is 8.75. The maximum atomic E-state index is 12.5. The van der Waals surface area contributed by atoms with Gasteiger partial charge in [-0.05, 0) is 26.5 Å². The van der Waals surface area contributed by atoms with Crippen LogP contribution in [0, 0.1) is 13.8 Å². The number of aromatic nitrogens is 3. The topological polar surface area (TPSA) is 93.5 Å². The van der Waals surface area contributed by atoms with Crippen LogP contribution in [-0.4, -0.2) is 40.8 Å². The van der Waals surface area contributed by atoms with Gasteiger partial charge in [-0.15, -0.1) is 0 Å². The summed E-state index contributed by atoms with van der Waals surface area (Å²) in [5, 5.41) is 4.46. The van der Waals surface area contributed by atoms with Gasteiger partial charge in [-0.25, -0.2) is 4.98 Å². The first-order valence-electron chi connectivity index (χ1n) is 8.75. The lowest BCUT2D eigenvalue weighted by Crippen LogP contribution is -2.25. The number of fused-ring (bicyclic) bond motifs is 1. The van der Waals surface area contributed by atoms with Crippen molar-refractivity contribution in [2.45, 2.75) is 33.9 Å². The van der Waals surface area contributed by atoms with E-state index in [1.165, 1.54) is 7.11 Å². The first-order chi connectivity index (χ1) is 13.0. The second-order valence-corrected chi connectivity index (χ2v) is 6.34. The van der Waals surface area contributed by atoms with Gasteiger partial charge in [0.1, 0.15) is 11.6 Å². The molecule has 0 saturated heterocycles. The zero-order valence-electron chi connectivity index (χ0n) is 16.3. The highest BCUT2D eigenvalue weighted by atomic mass is 16.5. The van der Waals surface area contributed by atoms with Crippen molar-refractivity contribution >= 4 is 10.9 Å². The molecule has 0 fully saturated rings. The fourth-order valence-electron chi connectivity index (χ4n) is 3.03. The minimum Gasteiger partial charge on any atom is -0.493 e. The normalized spacial score (nSPS) is 11.3. The van der Waals surface area contributed by atoms with E-state index in [1.54, 1.807) is 19.2 Å². The monoisotopic (exact) mass is 372 g/mol. The van der Waals surface area contributed by atoms with Crippen LogP contribution >= 0.6 is 0 Å². The predicted molar refractivity (Wildman–Crippen MR) is 101 cm³/mol. The lowest BCUT2D eigenvalue weighted by Gasteiger charge is -2.19. The average Bonchev–Trinajstić information content (AvgIpc) is 2.98. The molecule has 1 N–H and O–H groups in total. The number of nitrogens with zero attached hydrogens (tertiary/aromatic N) is 3. The summed E-state index contributed by atoms with van der Waals surface area (Å²) in [6, 6.07) is 3.36. The van der Waals surface area contributed by atoms with Crippen LogP contribution in [0.3, 0.4) is 0 Å². The SMILES string of the molecule is CCN(Cc1nc2cc(OC)c(OC)cc2c(=O)[nH]1)Cc1c(C)noc1C. The fraction of sp³-hybridized carbons (Fsp3) is 0.421. The van der Waals surface area contributed by atoms with Crippen LogP contribution in [0.15, 0.2) is 21.5 Å². The zero-order chi connectivity index (χ0) is 19.6. The Balaban J connectivity index is 1.92. The van der Waals surface area contributed by atoms with Crippen LogP contribution in [0.25, 0.3) is 10.9 Å². The van der Waals surface area contributed by atoms with E-state index in [0.29, 0.717) is 41.3 Å². The number of aromatic amines is 1. The molecule has 0 atom stereocenters. The van der Waals surface area contributed by atoms with Crippen molar-refractivity contribution in [3.8, 4) is 11.5 Å². The van der Waals surface area contributed by atoms with Gasteiger partial charge >= 0.3 is 0 Å². The number of methoxy groups -OCH3 is 2. The molecule has 1 aromatic carbocycles. The molecule has 3 rings (SSSR count). The molecule has 144 valence electrons. The maximum Gasteiger partial charge on any atom is 0.258 e. The largest absolute Gasteiger partial charge is 0.493 e. The molecule has 0 aliphatic carbocycles. The molecular formula is C19H24N4O4. The number of hydrogen-bond donors (Lipinski definition) is 1. The van der Waals surface area contributed by atoms with Gasteiger partial charge in [-0.3, -0.25) is 9.69 Å². The van der Waals surface area contributed by atoms with Gasteiger partial charge in [0, 0.05) is 18.2 Å². The van der Waals surface area contributed by atoms with E-state index in [1.807, 2.05) is 13.8 Å². The average molecular weight is 372 g/mol. The summed E-state index contributed by atoms with van der Waals surface area (Å²) in [4.78, 5) is 22.2. The van der Waals surface area contributed by atoms with Crippen LogP contribution in [0.5, 0.6) is 11.5 Å². The van der Waals surface area contributed by atoms with Crippen molar-refractivity contribution in [2.24, 2.45) is 0 Å². The van der Waals surface area contributed by atoms with Crippen molar-refractivity contribution in [1.29, 1.82) is 0 Å². The molecule has 8 nitrogen and oxygen atoms in total. The molecular weight excluding hydrogens is 348 g/mol. The Hall–Kier alpha value is -2.87. The van der Waals surface area contributed by atoms with Crippen LogP contribution in [0.1, 0.15) is 29.8 Å². The molecule has 0 bridgehead atoms. The van der Waals surface area contributed by atoms with E-state index in [-0.39, 0.29) is 5.56 Å². The number of benzene rings is 1. The first kappa shape index (κ1) is 18.9. The molecule has 0 aliphatic rings. The van der Waals surface area contributed by atoms with Crippen LogP contribution < -0.4 is 15.0 Å². The summed E-state index contributed by atoms with van der Waals surface area (Å²) < 4.78 is 15.8. The Kier molecular flexibility index (Phi) is 5.46. The van der Waals surface area contributed by atoms with Gasteiger partial charge in [-0.2, -0.15) is 0 Å².